The number of amides is 1. The summed E-state index contributed by atoms with van der Waals surface area (Å²) in [4.78, 5) is 13.4. The maximum absolute atomic E-state index is 11.7. The van der Waals surface area contributed by atoms with Gasteiger partial charge in [0.05, 0.1) is 6.54 Å². The number of hydrogen-bond acceptors (Lipinski definition) is 3. The van der Waals surface area contributed by atoms with E-state index in [-0.39, 0.29) is 12.2 Å². The molecule has 4 heteroatoms. The lowest BCUT2D eigenvalue weighted by molar-refractivity contribution is 0.132. The molecule has 1 atom stereocenters. The van der Waals surface area contributed by atoms with Crippen LogP contribution in [-0.2, 0) is 4.74 Å². The Kier molecular flexibility index (Phi) is 3.22. The normalized spacial score (nSPS) is 19.8. The van der Waals surface area contributed by atoms with Crippen LogP contribution in [0.2, 0.25) is 0 Å². The molecule has 92 valence electrons. The first-order valence-electron chi connectivity index (χ1n) is 5.88. The van der Waals surface area contributed by atoms with Crippen molar-refractivity contribution >= 4 is 11.8 Å². The summed E-state index contributed by atoms with van der Waals surface area (Å²) in [5.74, 6) is 0.439. The predicted octanol–water partition coefficient (Wildman–Crippen LogP) is 2.42. The molecule has 1 aliphatic heterocycles. The molecule has 1 aliphatic rings. The predicted molar refractivity (Wildman–Crippen MR) is 66.5 cm³/mol. The van der Waals surface area contributed by atoms with E-state index in [2.05, 4.69) is 13.8 Å². The fraction of sp³-hybridized carbons (Fsp3) is 0.462. The first-order chi connectivity index (χ1) is 8.08. The van der Waals surface area contributed by atoms with E-state index in [1.165, 1.54) is 0 Å². The van der Waals surface area contributed by atoms with Crippen LogP contribution in [0.25, 0.3) is 0 Å². The van der Waals surface area contributed by atoms with Crippen molar-refractivity contribution in [2.75, 3.05) is 18.8 Å². The number of nitrogen functional groups attached to an aromatic ring is 1. The Labute approximate surface area is 101 Å². The number of carbonyl (C=O) groups excluding carboxylic acids is 1. The fourth-order valence-electron chi connectivity index (χ4n) is 2.06. The van der Waals surface area contributed by atoms with Gasteiger partial charge in [-0.2, -0.15) is 0 Å². The number of benzene rings is 1. The Morgan fingerprint density at radius 2 is 2.18 bits per heavy atom. The van der Waals surface area contributed by atoms with Crippen LogP contribution in [0, 0.1) is 5.92 Å². The van der Waals surface area contributed by atoms with Gasteiger partial charge in [-0.3, -0.25) is 0 Å². The Balaban J connectivity index is 2.11. The molecule has 0 aromatic heterocycles. The number of para-hydroxylation sites is 1. The highest BCUT2D eigenvalue weighted by Gasteiger charge is 2.33. The Hall–Kier alpha value is -1.71. The van der Waals surface area contributed by atoms with Crippen molar-refractivity contribution in [1.29, 1.82) is 0 Å². The lowest BCUT2D eigenvalue weighted by Crippen LogP contribution is -2.28. The third-order valence-corrected chi connectivity index (χ3v) is 2.82. The summed E-state index contributed by atoms with van der Waals surface area (Å²) in [5.41, 5.74) is 7.46. The minimum atomic E-state index is -0.244. The number of ether oxygens (including phenoxy) is 1. The molecule has 0 radical (unpaired) electrons. The van der Waals surface area contributed by atoms with Gasteiger partial charge in [0.15, 0.2) is 0 Å². The van der Waals surface area contributed by atoms with Crippen LogP contribution in [0.3, 0.4) is 0 Å². The average Bonchev–Trinajstić information content (AvgIpc) is 2.60. The highest BCUT2D eigenvalue weighted by molar-refractivity contribution is 5.70. The summed E-state index contributed by atoms with van der Waals surface area (Å²) in [7, 11) is 0. The van der Waals surface area contributed by atoms with Crippen LogP contribution in [0.5, 0.6) is 0 Å². The molecular formula is C13H18N2O2. The van der Waals surface area contributed by atoms with Crippen LogP contribution >= 0.6 is 0 Å². The molecule has 1 aromatic carbocycles. The van der Waals surface area contributed by atoms with Crippen molar-refractivity contribution in [1.82, 2.24) is 4.90 Å². The molecule has 0 spiro atoms. The molecule has 1 aromatic rings. The SMILES string of the molecule is CC(C)CN1CC(c2ccccc2N)OC1=O. The lowest BCUT2D eigenvalue weighted by atomic mass is 10.1. The summed E-state index contributed by atoms with van der Waals surface area (Å²) in [6.07, 6.45) is -0.477. The summed E-state index contributed by atoms with van der Waals surface area (Å²) in [6.45, 7) is 5.47. The fourth-order valence-corrected chi connectivity index (χ4v) is 2.06. The molecule has 0 aliphatic carbocycles. The second-order valence-electron chi connectivity index (χ2n) is 4.80. The van der Waals surface area contributed by atoms with E-state index < -0.39 is 0 Å². The van der Waals surface area contributed by atoms with Gasteiger partial charge in [-0.05, 0) is 12.0 Å². The van der Waals surface area contributed by atoms with Crippen LogP contribution < -0.4 is 5.73 Å². The summed E-state index contributed by atoms with van der Waals surface area (Å²) in [5, 5.41) is 0. The Bertz CT molecular complexity index is 418. The monoisotopic (exact) mass is 234 g/mol. The quantitative estimate of drug-likeness (QED) is 0.817. The van der Waals surface area contributed by atoms with Crippen molar-refractivity contribution < 1.29 is 9.53 Å². The Morgan fingerprint density at radius 3 is 2.82 bits per heavy atom. The number of carbonyl (C=O) groups is 1. The van der Waals surface area contributed by atoms with Crippen molar-refractivity contribution in [3.05, 3.63) is 29.8 Å². The second kappa shape index (κ2) is 4.65. The van der Waals surface area contributed by atoms with Crippen molar-refractivity contribution in [2.24, 2.45) is 5.92 Å². The molecule has 4 nitrogen and oxygen atoms in total. The maximum atomic E-state index is 11.7. The molecule has 1 fully saturated rings. The third kappa shape index (κ3) is 2.52. The van der Waals surface area contributed by atoms with Gasteiger partial charge in [-0.25, -0.2) is 4.79 Å². The van der Waals surface area contributed by atoms with E-state index in [0.29, 0.717) is 18.2 Å². The highest BCUT2D eigenvalue weighted by atomic mass is 16.6. The van der Waals surface area contributed by atoms with Gasteiger partial charge in [-0.1, -0.05) is 32.0 Å². The number of nitrogens with two attached hydrogens (primary N) is 1. The number of cyclic esters (lactones) is 1. The van der Waals surface area contributed by atoms with Gasteiger partial charge in [0, 0.05) is 17.8 Å². The summed E-state index contributed by atoms with van der Waals surface area (Å²) >= 11 is 0. The molecule has 1 amide bonds. The van der Waals surface area contributed by atoms with Crippen LogP contribution in [0.15, 0.2) is 24.3 Å². The van der Waals surface area contributed by atoms with Crippen molar-refractivity contribution in [2.45, 2.75) is 20.0 Å². The molecule has 2 N–H and O–H groups in total. The van der Waals surface area contributed by atoms with Crippen molar-refractivity contribution in [3.8, 4) is 0 Å². The zero-order valence-electron chi connectivity index (χ0n) is 10.2. The van der Waals surface area contributed by atoms with E-state index in [1.54, 1.807) is 4.90 Å². The molecule has 1 unspecified atom stereocenters. The molecule has 1 saturated heterocycles. The molecule has 17 heavy (non-hydrogen) atoms. The van der Waals surface area contributed by atoms with Gasteiger partial charge >= 0.3 is 6.09 Å². The minimum Gasteiger partial charge on any atom is -0.439 e. The molecule has 2 rings (SSSR count). The standard InChI is InChI=1S/C13H18N2O2/c1-9(2)7-15-8-12(17-13(15)16)10-5-3-4-6-11(10)14/h3-6,9,12H,7-8,14H2,1-2H3. The van der Waals surface area contributed by atoms with E-state index in [0.717, 1.165) is 12.1 Å². The average molecular weight is 234 g/mol. The van der Waals surface area contributed by atoms with Gasteiger partial charge in [0.25, 0.3) is 0 Å². The Morgan fingerprint density at radius 1 is 1.47 bits per heavy atom. The first-order valence-corrected chi connectivity index (χ1v) is 5.88. The van der Waals surface area contributed by atoms with E-state index in [1.807, 2.05) is 24.3 Å². The minimum absolute atomic E-state index is 0.234. The largest absolute Gasteiger partial charge is 0.439 e. The lowest BCUT2D eigenvalue weighted by Gasteiger charge is -2.15. The van der Waals surface area contributed by atoms with Gasteiger partial charge in [-0.15, -0.1) is 0 Å². The van der Waals surface area contributed by atoms with Crippen LogP contribution in [0.1, 0.15) is 25.5 Å². The van der Waals surface area contributed by atoms with Gasteiger partial charge in [0.2, 0.25) is 0 Å². The summed E-state index contributed by atoms with van der Waals surface area (Å²) < 4.78 is 5.35. The maximum Gasteiger partial charge on any atom is 0.410 e. The van der Waals surface area contributed by atoms with E-state index in [9.17, 15) is 4.79 Å². The first kappa shape index (κ1) is 11.8. The third-order valence-electron chi connectivity index (χ3n) is 2.82. The molecule has 0 bridgehead atoms. The highest BCUT2D eigenvalue weighted by Crippen LogP contribution is 2.29. The molecule has 1 heterocycles. The second-order valence-corrected chi connectivity index (χ2v) is 4.80. The zero-order chi connectivity index (χ0) is 12.4. The molecule has 0 saturated carbocycles. The van der Waals surface area contributed by atoms with Crippen LogP contribution in [0.4, 0.5) is 10.5 Å². The van der Waals surface area contributed by atoms with E-state index in [4.69, 9.17) is 10.5 Å². The number of anilines is 1. The molecular weight excluding hydrogens is 216 g/mol. The number of rotatable bonds is 3. The van der Waals surface area contributed by atoms with Crippen LogP contribution in [-0.4, -0.2) is 24.1 Å². The van der Waals surface area contributed by atoms with Crippen molar-refractivity contribution in [3.63, 3.8) is 0 Å². The zero-order valence-corrected chi connectivity index (χ0v) is 10.2. The summed E-state index contributed by atoms with van der Waals surface area (Å²) in [6, 6.07) is 7.52. The number of nitrogens with zero attached hydrogens (tertiary/aromatic N) is 1. The number of hydrogen-bond donors (Lipinski definition) is 1. The topological polar surface area (TPSA) is 55.6 Å². The van der Waals surface area contributed by atoms with Gasteiger partial charge < -0.3 is 15.4 Å². The van der Waals surface area contributed by atoms with E-state index >= 15 is 0 Å². The van der Waals surface area contributed by atoms with Gasteiger partial charge in [0.1, 0.15) is 6.10 Å². The smallest absolute Gasteiger partial charge is 0.410 e.